The van der Waals surface area contributed by atoms with Crippen molar-refractivity contribution in [3.8, 4) is 0 Å². The van der Waals surface area contributed by atoms with Crippen molar-refractivity contribution >= 4 is 22.8 Å². The van der Waals surface area contributed by atoms with Crippen molar-refractivity contribution in [1.29, 1.82) is 0 Å². The molecule has 0 aromatic carbocycles. The van der Waals surface area contributed by atoms with Crippen LogP contribution in [0.15, 0.2) is 0 Å². The highest BCUT2D eigenvalue weighted by Crippen LogP contribution is 2.34. The lowest BCUT2D eigenvalue weighted by Gasteiger charge is -2.39. The number of hydrogen-bond acceptors (Lipinski definition) is 3. The van der Waals surface area contributed by atoms with Crippen LogP contribution in [0.2, 0.25) is 0 Å². The predicted octanol–water partition coefficient (Wildman–Crippen LogP) is 1.29. The van der Waals surface area contributed by atoms with Crippen LogP contribution in [0.5, 0.6) is 0 Å². The normalized spacial score (nSPS) is 22.5. The Balaban J connectivity index is 2.62. The number of urea groups is 1. The number of nitrogens with one attached hydrogen (secondary N) is 1. The van der Waals surface area contributed by atoms with Gasteiger partial charge in [-0.2, -0.15) is 0 Å². The monoisotopic (exact) mass is 318 g/mol. The number of amides is 2. The third-order valence-corrected chi connectivity index (χ3v) is 5.10. The first-order valence-electron chi connectivity index (χ1n) is 7.23. The zero-order valence-electron chi connectivity index (χ0n) is 13.2. The molecule has 3 atom stereocenters. The van der Waals surface area contributed by atoms with E-state index in [0.29, 0.717) is 18.8 Å². The molecule has 1 heterocycles. The smallest absolute Gasteiger partial charge is 0.317 e. The molecule has 0 saturated carbocycles. The maximum Gasteiger partial charge on any atom is 0.317 e. The van der Waals surface area contributed by atoms with Gasteiger partial charge in [0.1, 0.15) is 0 Å². The first-order chi connectivity index (χ1) is 9.64. The number of nitrogens with zero attached hydrogens (tertiary/aromatic N) is 1. The van der Waals surface area contributed by atoms with Gasteiger partial charge in [0, 0.05) is 41.9 Å². The van der Waals surface area contributed by atoms with Crippen molar-refractivity contribution in [2.24, 2.45) is 11.3 Å². The Morgan fingerprint density at radius 2 is 2.10 bits per heavy atom. The maximum atomic E-state index is 12.2. The van der Waals surface area contributed by atoms with Crippen molar-refractivity contribution in [2.45, 2.75) is 39.7 Å². The zero-order chi connectivity index (χ0) is 16.2. The van der Waals surface area contributed by atoms with E-state index in [-0.39, 0.29) is 18.0 Å². The lowest BCUT2D eigenvalue weighted by atomic mass is 9.74. The van der Waals surface area contributed by atoms with Gasteiger partial charge in [-0.05, 0) is 39.5 Å². The maximum absolute atomic E-state index is 12.2. The summed E-state index contributed by atoms with van der Waals surface area (Å²) in [5, 5.41) is 12.1. The third kappa shape index (κ3) is 4.98. The fourth-order valence-corrected chi connectivity index (χ4v) is 3.41. The molecule has 7 heteroatoms. The van der Waals surface area contributed by atoms with Crippen LogP contribution < -0.4 is 5.32 Å². The summed E-state index contributed by atoms with van der Waals surface area (Å²) in [6, 6.07) is -0.352. The molecule has 1 aliphatic rings. The summed E-state index contributed by atoms with van der Waals surface area (Å²) < 4.78 is 11.2. The molecule has 0 bridgehead atoms. The molecule has 1 rings (SSSR count). The van der Waals surface area contributed by atoms with Crippen LogP contribution in [0.3, 0.4) is 0 Å². The van der Waals surface area contributed by atoms with Crippen molar-refractivity contribution in [1.82, 2.24) is 10.2 Å². The number of carbonyl (C=O) groups is 2. The highest BCUT2D eigenvalue weighted by atomic mass is 32.2. The van der Waals surface area contributed by atoms with Crippen LogP contribution >= 0.6 is 0 Å². The molecule has 1 aliphatic heterocycles. The second-order valence-corrected chi connectivity index (χ2v) is 7.88. The minimum Gasteiger partial charge on any atom is -0.481 e. The lowest BCUT2D eigenvalue weighted by molar-refractivity contribution is -0.151. The van der Waals surface area contributed by atoms with Gasteiger partial charge in [-0.1, -0.05) is 0 Å². The summed E-state index contributed by atoms with van der Waals surface area (Å²) in [7, 11) is -0.955. The number of carboxylic acids is 1. The van der Waals surface area contributed by atoms with E-state index in [1.807, 2.05) is 6.92 Å². The molecular formula is C14H26N2O4S. The average molecular weight is 318 g/mol. The van der Waals surface area contributed by atoms with E-state index in [1.165, 1.54) is 0 Å². The summed E-state index contributed by atoms with van der Waals surface area (Å²) in [5.41, 5.74) is -0.838. The summed E-state index contributed by atoms with van der Waals surface area (Å²) in [5.74, 6) is -0.460. The van der Waals surface area contributed by atoms with Crippen molar-refractivity contribution in [2.75, 3.05) is 25.1 Å². The molecule has 122 valence electrons. The van der Waals surface area contributed by atoms with E-state index < -0.39 is 22.2 Å². The van der Waals surface area contributed by atoms with E-state index in [4.69, 9.17) is 0 Å². The summed E-state index contributed by atoms with van der Waals surface area (Å²) >= 11 is 0. The van der Waals surface area contributed by atoms with Crippen LogP contribution in [0.1, 0.15) is 33.6 Å². The number of aliphatic carboxylic acids is 1. The standard InChI is InChI=1S/C14H26N2O4S/c1-10(9-21(4)20)15-13(19)16-7-5-6-11(8-16)14(2,3)12(17)18/h10-11H,5-9H2,1-4H3,(H,15,19)(H,17,18). The summed E-state index contributed by atoms with van der Waals surface area (Å²) in [6.07, 6.45) is 3.23. The highest BCUT2D eigenvalue weighted by Gasteiger charge is 2.40. The first-order valence-corrected chi connectivity index (χ1v) is 8.96. The zero-order valence-corrected chi connectivity index (χ0v) is 14.0. The Bertz CT molecular complexity index is 425. The lowest BCUT2D eigenvalue weighted by Crippen LogP contribution is -2.52. The van der Waals surface area contributed by atoms with Gasteiger partial charge in [-0.15, -0.1) is 0 Å². The van der Waals surface area contributed by atoms with E-state index in [2.05, 4.69) is 5.32 Å². The number of likely N-dealkylation sites (tertiary alicyclic amines) is 1. The summed E-state index contributed by atoms with van der Waals surface area (Å²) in [6.45, 7) is 6.34. The Kier molecular flexibility index (Phi) is 6.19. The molecule has 1 fully saturated rings. The number of rotatable bonds is 5. The van der Waals surface area contributed by atoms with Gasteiger partial charge in [-0.25, -0.2) is 4.79 Å². The predicted molar refractivity (Wildman–Crippen MR) is 82.6 cm³/mol. The molecule has 2 N–H and O–H groups in total. The van der Waals surface area contributed by atoms with E-state index in [9.17, 15) is 18.9 Å². The number of piperidine rings is 1. The molecule has 0 aromatic rings. The minimum atomic E-state index is -0.955. The van der Waals surface area contributed by atoms with Gasteiger partial charge in [0.25, 0.3) is 0 Å². The SMILES string of the molecule is CC(CS(C)=O)NC(=O)N1CCCC(C(C)(C)C(=O)O)C1. The molecule has 2 amide bonds. The topological polar surface area (TPSA) is 86.7 Å². The Morgan fingerprint density at radius 3 is 2.62 bits per heavy atom. The summed E-state index contributed by atoms with van der Waals surface area (Å²) in [4.78, 5) is 25.2. The van der Waals surface area contributed by atoms with Crippen LogP contribution in [0.25, 0.3) is 0 Å². The van der Waals surface area contributed by atoms with Crippen LogP contribution in [0.4, 0.5) is 4.79 Å². The molecule has 21 heavy (non-hydrogen) atoms. The van der Waals surface area contributed by atoms with Crippen molar-refractivity contribution in [3.63, 3.8) is 0 Å². The van der Waals surface area contributed by atoms with Crippen LogP contribution in [0, 0.1) is 11.3 Å². The quantitative estimate of drug-likeness (QED) is 0.799. The van der Waals surface area contributed by atoms with Crippen molar-refractivity contribution in [3.05, 3.63) is 0 Å². The minimum absolute atomic E-state index is 0.0508. The molecule has 1 saturated heterocycles. The molecule has 0 aliphatic carbocycles. The average Bonchev–Trinajstić information content (AvgIpc) is 2.37. The molecule has 0 radical (unpaired) electrons. The second-order valence-electron chi connectivity index (χ2n) is 6.40. The fourth-order valence-electron chi connectivity index (χ4n) is 2.62. The molecular weight excluding hydrogens is 292 g/mol. The van der Waals surface area contributed by atoms with Gasteiger partial charge < -0.3 is 15.3 Å². The van der Waals surface area contributed by atoms with E-state index in [0.717, 1.165) is 12.8 Å². The molecule has 6 nitrogen and oxygen atoms in total. The van der Waals surface area contributed by atoms with Gasteiger partial charge in [0.05, 0.1) is 5.41 Å². The number of carboxylic acid groups (broad SMARTS) is 1. The van der Waals surface area contributed by atoms with Gasteiger partial charge >= 0.3 is 12.0 Å². The van der Waals surface area contributed by atoms with Gasteiger partial charge in [-0.3, -0.25) is 9.00 Å². The Hall–Kier alpha value is -1.11. The van der Waals surface area contributed by atoms with Crippen molar-refractivity contribution < 1.29 is 18.9 Å². The third-order valence-electron chi connectivity index (χ3n) is 4.14. The Labute approximate surface area is 128 Å². The fraction of sp³-hybridized carbons (Fsp3) is 0.857. The molecule has 3 unspecified atom stereocenters. The molecule has 0 aromatic heterocycles. The number of hydrogen-bond donors (Lipinski definition) is 2. The first kappa shape index (κ1) is 17.9. The van der Waals surface area contributed by atoms with Gasteiger partial charge in [0.15, 0.2) is 0 Å². The second kappa shape index (κ2) is 7.24. The van der Waals surface area contributed by atoms with E-state index >= 15 is 0 Å². The van der Waals surface area contributed by atoms with Gasteiger partial charge in [0.2, 0.25) is 0 Å². The number of carbonyl (C=O) groups excluding carboxylic acids is 1. The molecule has 0 spiro atoms. The van der Waals surface area contributed by atoms with Crippen LogP contribution in [-0.2, 0) is 15.6 Å². The largest absolute Gasteiger partial charge is 0.481 e. The highest BCUT2D eigenvalue weighted by molar-refractivity contribution is 7.84. The Morgan fingerprint density at radius 1 is 1.48 bits per heavy atom. The van der Waals surface area contributed by atoms with Crippen LogP contribution in [-0.4, -0.2) is 57.4 Å². The van der Waals surface area contributed by atoms with E-state index in [1.54, 1.807) is 25.0 Å².